The molecule has 1 rings (SSSR count). The Hall–Kier alpha value is -0.320. The molecule has 5 heteroatoms. The summed E-state index contributed by atoms with van der Waals surface area (Å²) in [6.07, 6.45) is 4.31. The number of carbonyl (C=O) groups excluding carboxylic acids is 1. The lowest BCUT2D eigenvalue weighted by molar-refractivity contribution is -0.121. The maximum Gasteiger partial charge on any atom is 0.221 e. The van der Waals surface area contributed by atoms with Crippen LogP contribution in [0, 0.1) is 5.92 Å². The van der Waals surface area contributed by atoms with Crippen LogP contribution in [0.2, 0.25) is 0 Å². The summed E-state index contributed by atoms with van der Waals surface area (Å²) >= 11 is 0. The third kappa shape index (κ3) is 6.11. The number of rotatable bonds is 6. The van der Waals surface area contributed by atoms with Gasteiger partial charge in [-0.2, -0.15) is 0 Å². The van der Waals surface area contributed by atoms with Crippen LogP contribution in [0.15, 0.2) is 0 Å². The molecule has 0 radical (unpaired) electrons. The third-order valence-corrected chi connectivity index (χ3v) is 4.04. The Labute approximate surface area is 123 Å². The Morgan fingerprint density at radius 1 is 1.47 bits per heavy atom. The molecule has 0 bridgehead atoms. The molecule has 1 heterocycles. The van der Waals surface area contributed by atoms with Crippen molar-refractivity contribution in [2.24, 2.45) is 11.7 Å². The summed E-state index contributed by atoms with van der Waals surface area (Å²) in [6, 6.07) is 0. The summed E-state index contributed by atoms with van der Waals surface area (Å²) in [5, 5.41) is 2.99. The van der Waals surface area contributed by atoms with Crippen molar-refractivity contribution in [2.45, 2.75) is 52.0 Å². The second-order valence-corrected chi connectivity index (χ2v) is 5.99. The molecule has 114 valence electrons. The van der Waals surface area contributed by atoms with Crippen LogP contribution in [0.5, 0.6) is 0 Å². The van der Waals surface area contributed by atoms with Gasteiger partial charge in [-0.05, 0) is 39.2 Å². The first-order chi connectivity index (χ1) is 8.49. The monoisotopic (exact) mass is 291 g/mol. The Kier molecular flexibility index (Phi) is 8.62. The predicted molar refractivity (Wildman–Crippen MR) is 82.6 cm³/mol. The Morgan fingerprint density at radius 3 is 2.74 bits per heavy atom. The zero-order chi connectivity index (χ0) is 13.6. The quantitative estimate of drug-likeness (QED) is 0.784. The highest BCUT2D eigenvalue weighted by molar-refractivity contribution is 5.85. The molecule has 1 fully saturated rings. The third-order valence-electron chi connectivity index (χ3n) is 4.04. The molecular weight excluding hydrogens is 262 g/mol. The van der Waals surface area contributed by atoms with E-state index in [1.165, 1.54) is 19.3 Å². The van der Waals surface area contributed by atoms with E-state index >= 15 is 0 Å². The zero-order valence-corrected chi connectivity index (χ0v) is 13.4. The van der Waals surface area contributed by atoms with Gasteiger partial charge >= 0.3 is 0 Å². The lowest BCUT2D eigenvalue weighted by Gasteiger charge is -2.43. The van der Waals surface area contributed by atoms with E-state index in [-0.39, 0.29) is 23.9 Å². The van der Waals surface area contributed by atoms with Crippen LogP contribution in [-0.2, 0) is 4.79 Å². The topological polar surface area (TPSA) is 58.4 Å². The molecule has 0 aliphatic carbocycles. The molecule has 0 saturated carbocycles. The van der Waals surface area contributed by atoms with Gasteiger partial charge in [0.1, 0.15) is 0 Å². The summed E-state index contributed by atoms with van der Waals surface area (Å²) in [5.74, 6) is 0.882. The summed E-state index contributed by atoms with van der Waals surface area (Å²) in [4.78, 5) is 14.0. The molecule has 0 spiro atoms. The van der Waals surface area contributed by atoms with Crippen molar-refractivity contribution in [1.82, 2.24) is 10.2 Å². The molecule has 3 N–H and O–H groups in total. The molecule has 1 amide bonds. The average molecular weight is 292 g/mol. The minimum Gasteiger partial charge on any atom is -0.354 e. The summed E-state index contributed by atoms with van der Waals surface area (Å²) in [7, 11) is 0. The minimum absolute atomic E-state index is 0. The number of carbonyl (C=O) groups is 1. The normalized spacial score (nSPS) is 20.7. The Bertz CT molecular complexity index is 271. The molecule has 1 unspecified atom stereocenters. The second-order valence-electron chi connectivity index (χ2n) is 5.99. The first-order valence-electron chi connectivity index (χ1n) is 7.21. The summed E-state index contributed by atoms with van der Waals surface area (Å²) in [5.41, 5.74) is 5.42. The summed E-state index contributed by atoms with van der Waals surface area (Å²) in [6.45, 7) is 10.1. The van der Waals surface area contributed by atoms with Crippen molar-refractivity contribution >= 4 is 18.3 Å². The standard InChI is InChI=1S/C14H29N3O.ClH/c1-4-12-6-5-9-17(10-12)14(2,3)11-16-13(18)7-8-15;/h12H,4-11,15H2,1-3H3,(H,16,18);1H. The van der Waals surface area contributed by atoms with Crippen LogP contribution in [-0.4, -0.2) is 42.5 Å². The van der Waals surface area contributed by atoms with Gasteiger partial charge in [0.2, 0.25) is 5.91 Å². The SMILES string of the molecule is CCC1CCCN(C(C)(C)CNC(=O)CCN)C1.Cl. The highest BCUT2D eigenvalue weighted by atomic mass is 35.5. The lowest BCUT2D eigenvalue weighted by Crippen LogP contribution is -2.54. The second kappa shape index (κ2) is 8.77. The van der Waals surface area contributed by atoms with Gasteiger partial charge in [-0.3, -0.25) is 9.69 Å². The number of nitrogens with zero attached hydrogens (tertiary/aromatic N) is 1. The lowest BCUT2D eigenvalue weighted by atomic mass is 9.91. The Morgan fingerprint density at radius 2 is 2.16 bits per heavy atom. The van der Waals surface area contributed by atoms with E-state index < -0.39 is 0 Å². The molecule has 0 aromatic heterocycles. The number of likely N-dealkylation sites (tertiary alicyclic amines) is 1. The van der Waals surface area contributed by atoms with E-state index in [2.05, 4.69) is 31.0 Å². The number of hydrogen-bond acceptors (Lipinski definition) is 3. The maximum atomic E-state index is 11.5. The number of halogens is 1. The van der Waals surface area contributed by atoms with E-state index in [4.69, 9.17) is 5.73 Å². The number of nitrogens with one attached hydrogen (secondary N) is 1. The molecule has 1 aliphatic rings. The smallest absolute Gasteiger partial charge is 0.221 e. The number of piperidine rings is 1. The minimum atomic E-state index is 0. The molecule has 0 aromatic rings. The first-order valence-corrected chi connectivity index (χ1v) is 7.21. The van der Waals surface area contributed by atoms with Gasteiger partial charge in [0.15, 0.2) is 0 Å². The average Bonchev–Trinajstić information content (AvgIpc) is 2.37. The number of hydrogen-bond donors (Lipinski definition) is 2. The number of amides is 1. The van der Waals surface area contributed by atoms with E-state index in [9.17, 15) is 4.79 Å². The van der Waals surface area contributed by atoms with Gasteiger partial charge in [0, 0.05) is 31.6 Å². The van der Waals surface area contributed by atoms with Crippen molar-refractivity contribution in [2.75, 3.05) is 26.2 Å². The van der Waals surface area contributed by atoms with Crippen LogP contribution in [0.25, 0.3) is 0 Å². The van der Waals surface area contributed by atoms with E-state index in [1.807, 2.05) is 0 Å². The van der Waals surface area contributed by atoms with Gasteiger partial charge in [-0.1, -0.05) is 13.3 Å². The van der Waals surface area contributed by atoms with Crippen LogP contribution < -0.4 is 11.1 Å². The van der Waals surface area contributed by atoms with Crippen molar-refractivity contribution < 1.29 is 4.79 Å². The van der Waals surface area contributed by atoms with Gasteiger partial charge in [0.25, 0.3) is 0 Å². The van der Waals surface area contributed by atoms with Crippen molar-refractivity contribution in [3.8, 4) is 0 Å². The molecular formula is C14H30ClN3O. The van der Waals surface area contributed by atoms with Gasteiger partial charge in [-0.15, -0.1) is 12.4 Å². The van der Waals surface area contributed by atoms with Gasteiger partial charge in [-0.25, -0.2) is 0 Å². The van der Waals surface area contributed by atoms with Crippen molar-refractivity contribution in [1.29, 1.82) is 0 Å². The summed E-state index contributed by atoms with van der Waals surface area (Å²) < 4.78 is 0. The first kappa shape index (κ1) is 18.7. The molecule has 0 aromatic carbocycles. The predicted octanol–water partition coefficient (Wildman–Crippen LogP) is 1.77. The molecule has 19 heavy (non-hydrogen) atoms. The fourth-order valence-electron chi connectivity index (χ4n) is 2.59. The zero-order valence-electron chi connectivity index (χ0n) is 12.6. The fraction of sp³-hybridized carbons (Fsp3) is 0.929. The highest BCUT2D eigenvalue weighted by Crippen LogP contribution is 2.25. The molecule has 1 saturated heterocycles. The fourth-order valence-corrected chi connectivity index (χ4v) is 2.59. The highest BCUT2D eigenvalue weighted by Gasteiger charge is 2.30. The van der Waals surface area contributed by atoms with Crippen LogP contribution in [0.3, 0.4) is 0 Å². The molecule has 1 aliphatic heterocycles. The van der Waals surface area contributed by atoms with E-state index in [0.29, 0.717) is 19.5 Å². The van der Waals surface area contributed by atoms with Gasteiger partial charge in [0.05, 0.1) is 0 Å². The van der Waals surface area contributed by atoms with E-state index in [0.717, 1.165) is 19.0 Å². The maximum absolute atomic E-state index is 11.5. The molecule has 4 nitrogen and oxygen atoms in total. The van der Waals surface area contributed by atoms with Crippen molar-refractivity contribution in [3.63, 3.8) is 0 Å². The van der Waals surface area contributed by atoms with Crippen LogP contribution in [0.1, 0.15) is 46.5 Å². The Balaban J connectivity index is 0.00000324. The van der Waals surface area contributed by atoms with Crippen LogP contribution >= 0.6 is 12.4 Å². The largest absolute Gasteiger partial charge is 0.354 e. The number of nitrogens with two attached hydrogens (primary N) is 1. The van der Waals surface area contributed by atoms with Gasteiger partial charge < -0.3 is 11.1 Å². The van der Waals surface area contributed by atoms with Crippen LogP contribution in [0.4, 0.5) is 0 Å². The molecule has 1 atom stereocenters. The van der Waals surface area contributed by atoms with E-state index in [1.54, 1.807) is 0 Å². The van der Waals surface area contributed by atoms with Crippen molar-refractivity contribution in [3.05, 3.63) is 0 Å².